The maximum atomic E-state index is 12.0. The Balaban J connectivity index is 2.62. The van der Waals surface area contributed by atoms with Gasteiger partial charge in [-0.25, -0.2) is 4.79 Å². The second kappa shape index (κ2) is 8.31. The molecule has 0 aliphatic heterocycles. The number of carbonyl (C=O) groups excluding carboxylic acids is 1. The van der Waals surface area contributed by atoms with E-state index in [4.69, 9.17) is 5.11 Å². The fraction of sp³-hybridized carbons (Fsp3) is 0.467. The van der Waals surface area contributed by atoms with Gasteiger partial charge in [0.15, 0.2) is 0 Å². The summed E-state index contributed by atoms with van der Waals surface area (Å²) in [6.45, 7) is 0.685. The number of carboxylic acid groups (broad SMARTS) is 1. The van der Waals surface area contributed by atoms with Crippen molar-refractivity contribution in [2.24, 2.45) is 5.92 Å². The van der Waals surface area contributed by atoms with Crippen LogP contribution in [0.5, 0.6) is 5.75 Å². The number of carboxylic acids is 1. The first-order valence-electron chi connectivity index (χ1n) is 6.89. The molecule has 0 aliphatic carbocycles. The third-order valence-electron chi connectivity index (χ3n) is 3.31. The van der Waals surface area contributed by atoms with Crippen molar-refractivity contribution < 1.29 is 28.2 Å². The van der Waals surface area contributed by atoms with Crippen LogP contribution >= 0.6 is 0 Å². The molecule has 0 bridgehead atoms. The first-order valence-corrected chi connectivity index (χ1v) is 6.89. The second-order valence-corrected chi connectivity index (χ2v) is 4.97. The highest BCUT2D eigenvalue weighted by atomic mass is 19.3. The number of hydrogen-bond donors (Lipinski definition) is 2. The summed E-state index contributed by atoms with van der Waals surface area (Å²) >= 11 is 0. The van der Waals surface area contributed by atoms with Gasteiger partial charge in [0, 0.05) is 0 Å². The summed E-state index contributed by atoms with van der Waals surface area (Å²) in [7, 11) is 0. The molecule has 0 aromatic heterocycles. The minimum Gasteiger partial charge on any atom is -0.480 e. The van der Waals surface area contributed by atoms with Crippen molar-refractivity contribution in [1.29, 1.82) is 0 Å². The van der Waals surface area contributed by atoms with Crippen LogP contribution in [0.25, 0.3) is 0 Å². The minimum atomic E-state index is -2.90. The number of hydrogen-bond acceptors (Lipinski definition) is 3. The molecule has 0 fully saturated rings. The number of alkyl halides is 2. The molecule has 0 heterocycles. The Morgan fingerprint density at radius 2 is 1.86 bits per heavy atom. The molecule has 1 aromatic rings. The van der Waals surface area contributed by atoms with Crippen LogP contribution in [0.4, 0.5) is 8.78 Å². The largest absolute Gasteiger partial charge is 0.480 e. The number of aliphatic carboxylic acids is 1. The number of amides is 1. The van der Waals surface area contributed by atoms with Crippen molar-refractivity contribution in [1.82, 2.24) is 5.32 Å². The van der Waals surface area contributed by atoms with Crippen molar-refractivity contribution in [3.63, 3.8) is 0 Å². The molecule has 2 atom stereocenters. The summed E-state index contributed by atoms with van der Waals surface area (Å²) in [5.74, 6) is -1.70. The van der Waals surface area contributed by atoms with E-state index in [1.807, 2.05) is 6.92 Å². The lowest BCUT2D eigenvalue weighted by Gasteiger charge is -2.20. The third-order valence-corrected chi connectivity index (χ3v) is 3.31. The Kier molecular flexibility index (Phi) is 6.75. The maximum Gasteiger partial charge on any atom is 0.387 e. The summed E-state index contributed by atoms with van der Waals surface area (Å²) in [5.41, 5.74) is 0.576. The number of carbonyl (C=O) groups is 2. The average molecular weight is 315 g/mol. The predicted molar refractivity (Wildman–Crippen MR) is 75.8 cm³/mol. The lowest BCUT2D eigenvalue weighted by atomic mass is 9.99. The van der Waals surface area contributed by atoms with Crippen LogP contribution in [0.3, 0.4) is 0 Å². The van der Waals surface area contributed by atoms with Gasteiger partial charge in [0.25, 0.3) is 0 Å². The van der Waals surface area contributed by atoms with Gasteiger partial charge < -0.3 is 15.2 Å². The van der Waals surface area contributed by atoms with Gasteiger partial charge in [-0.3, -0.25) is 4.79 Å². The van der Waals surface area contributed by atoms with E-state index in [1.165, 1.54) is 24.3 Å². The van der Waals surface area contributed by atoms with Crippen molar-refractivity contribution in [2.45, 2.75) is 39.3 Å². The molecule has 0 saturated carbocycles. The molecule has 0 spiro atoms. The third kappa shape index (κ3) is 5.67. The van der Waals surface area contributed by atoms with Crippen LogP contribution in [0.15, 0.2) is 24.3 Å². The number of benzene rings is 1. The molecular formula is C15H19F2NO4. The zero-order valence-corrected chi connectivity index (χ0v) is 12.4. The number of rotatable bonds is 8. The van der Waals surface area contributed by atoms with E-state index in [0.717, 1.165) is 0 Å². The Morgan fingerprint density at radius 3 is 2.32 bits per heavy atom. The molecule has 7 heteroatoms. The second-order valence-electron chi connectivity index (χ2n) is 4.97. The van der Waals surface area contributed by atoms with Crippen LogP contribution in [0.1, 0.15) is 25.8 Å². The van der Waals surface area contributed by atoms with Crippen LogP contribution in [-0.2, 0) is 16.0 Å². The highest BCUT2D eigenvalue weighted by Gasteiger charge is 2.25. The van der Waals surface area contributed by atoms with Crippen LogP contribution in [0.2, 0.25) is 0 Å². The number of halogens is 2. The quantitative estimate of drug-likeness (QED) is 0.772. The minimum absolute atomic E-state index is 0.00201. The highest BCUT2D eigenvalue weighted by molar-refractivity contribution is 5.85. The highest BCUT2D eigenvalue weighted by Crippen LogP contribution is 2.15. The van der Waals surface area contributed by atoms with Crippen molar-refractivity contribution in [2.75, 3.05) is 0 Å². The summed E-state index contributed by atoms with van der Waals surface area (Å²) in [6.07, 6.45) is 0.589. The lowest BCUT2D eigenvalue weighted by molar-refractivity contribution is -0.143. The Morgan fingerprint density at radius 1 is 1.27 bits per heavy atom. The van der Waals surface area contributed by atoms with Gasteiger partial charge in [0.2, 0.25) is 5.91 Å². The van der Waals surface area contributed by atoms with Gasteiger partial charge in [0.05, 0.1) is 6.42 Å². The van der Waals surface area contributed by atoms with Crippen LogP contribution in [-0.4, -0.2) is 29.6 Å². The molecule has 2 N–H and O–H groups in total. The van der Waals surface area contributed by atoms with E-state index < -0.39 is 24.5 Å². The van der Waals surface area contributed by atoms with Gasteiger partial charge in [-0.1, -0.05) is 32.4 Å². The predicted octanol–water partition coefficient (Wildman–Crippen LogP) is 2.45. The smallest absolute Gasteiger partial charge is 0.387 e. The zero-order chi connectivity index (χ0) is 16.7. The number of nitrogens with one attached hydrogen (secondary N) is 1. The summed E-state index contributed by atoms with van der Waals surface area (Å²) < 4.78 is 28.2. The molecule has 5 nitrogen and oxygen atoms in total. The first kappa shape index (κ1) is 17.9. The normalized spacial score (nSPS) is 13.5. The monoisotopic (exact) mass is 315 g/mol. The molecular weight excluding hydrogens is 296 g/mol. The molecule has 0 saturated heterocycles. The first-order chi connectivity index (χ1) is 10.3. The lowest BCUT2D eigenvalue weighted by Crippen LogP contribution is -2.45. The zero-order valence-electron chi connectivity index (χ0n) is 12.4. The van der Waals surface area contributed by atoms with Crippen molar-refractivity contribution in [3.8, 4) is 5.75 Å². The number of ether oxygens (including phenoxy) is 1. The average Bonchev–Trinajstić information content (AvgIpc) is 2.45. The fourth-order valence-electron chi connectivity index (χ4n) is 1.88. The Labute approximate surface area is 127 Å². The topological polar surface area (TPSA) is 75.6 Å². The summed E-state index contributed by atoms with van der Waals surface area (Å²) in [6, 6.07) is 4.68. The van der Waals surface area contributed by atoms with Crippen molar-refractivity contribution >= 4 is 11.9 Å². The van der Waals surface area contributed by atoms with E-state index in [9.17, 15) is 18.4 Å². The molecule has 0 aliphatic rings. The van der Waals surface area contributed by atoms with Gasteiger partial charge in [-0.15, -0.1) is 0 Å². The summed E-state index contributed by atoms with van der Waals surface area (Å²) in [5, 5.41) is 11.6. The standard InChI is InChI=1S/C15H19F2NO4/c1-3-9(2)13(14(20)21)18-12(19)8-10-4-6-11(7-5-10)22-15(16)17/h4-7,9,13,15H,3,8H2,1-2H3,(H,18,19)(H,20,21). The van der Waals surface area contributed by atoms with Gasteiger partial charge in [0.1, 0.15) is 11.8 Å². The molecule has 0 radical (unpaired) electrons. The van der Waals surface area contributed by atoms with Crippen LogP contribution in [0, 0.1) is 5.92 Å². The van der Waals surface area contributed by atoms with E-state index in [2.05, 4.69) is 10.1 Å². The van der Waals surface area contributed by atoms with Gasteiger partial charge in [-0.05, 0) is 23.6 Å². The maximum absolute atomic E-state index is 12.0. The van der Waals surface area contributed by atoms with Gasteiger partial charge >= 0.3 is 12.6 Å². The van der Waals surface area contributed by atoms with Crippen LogP contribution < -0.4 is 10.1 Å². The van der Waals surface area contributed by atoms with E-state index in [1.54, 1.807) is 6.92 Å². The molecule has 1 rings (SSSR count). The molecule has 1 amide bonds. The van der Waals surface area contributed by atoms with E-state index >= 15 is 0 Å². The molecule has 2 unspecified atom stereocenters. The molecule has 22 heavy (non-hydrogen) atoms. The van der Waals surface area contributed by atoms with E-state index in [-0.39, 0.29) is 18.1 Å². The fourth-order valence-corrected chi connectivity index (χ4v) is 1.88. The Bertz CT molecular complexity index is 505. The van der Waals surface area contributed by atoms with Crippen molar-refractivity contribution in [3.05, 3.63) is 29.8 Å². The molecule has 1 aromatic carbocycles. The molecule has 122 valence electrons. The SMILES string of the molecule is CCC(C)C(NC(=O)Cc1ccc(OC(F)F)cc1)C(=O)O. The van der Waals surface area contributed by atoms with Gasteiger partial charge in [-0.2, -0.15) is 8.78 Å². The van der Waals surface area contributed by atoms with E-state index in [0.29, 0.717) is 12.0 Å². The Hall–Kier alpha value is -2.18. The summed E-state index contributed by atoms with van der Waals surface area (Å²) in [4.78, 5) is 23.0.